The molecule has 4 saturated carbocycles. The summed E-state index contributed by atoms with van der Waals surface area (Å²) >= 11 is 0. The zero-order valence-electron chi connectivity index (χ0n) is 10.1. The van der Waals surface area contributed by atoms with Gasteiger partial charge in [-0.25, -0.2) is 0 Å². The number of hydrogen-bond donors (Lipinski definition) is 2. The molecule has 0 aromatic heterocycles. The lowest BCUT2D eigenvalue weighted by Gasteiger charge is -2.55. The second kappa shape index (κ2) is 4.36. The van der Waals surface area contributed by atoms with Crippen molar-refractivity contribution in [3.05, 3.63) is 0 Å². The molecule has 3 heteroatoms. The molecule has 4 aliphatic rings. The van der Waals surface area contributed by atoms with Crippen molar-refractivity contribution in [2.45, 2.75) is 57.4 Å². The van der Waals surface area contributed by atoms with E-state index >= 15 is 0 Å². The maximum atomic E-state index is 9.37. The Balaban J connectivity index is 0.000000168. The first-order valence-corrected chi connectivity index (χ1v) is 6.51. The molecule has 0 spiro atoms. The van der Waals surface area contributed by atoms with Gasteiger partial charge in [0.15, 0.2) is 0 Å². The summed E-state index contributed by atoms with van der Waals surface area (Å²) in [5.74, 6) is 2.31. The number of carboxylic acids is 1. The molecule has 0 saturated heterocycles. The quantitative estimate of drug-likeness (QED) is 0.720. The Bertz CT molecular complexity index is 240. The van der Waals surface area contributed by atoms with Gasteiger partial charge in [0, 0.05) is 12.0 Å². The minimum atomic E-state index is -0.745. The van der Waals surface area contributed by atoms with Crippen LogP contribution >= 0.6 is 0 Å². The van der Waals surface area contributed by atoms with Gasteiger partial charge in [0.05, 0.1) is 0 Å². The topological polar surface area (TPSA) is 63.3 Å². The zero-order chi connectivity index (χ0) is 11.8. The largest absolute Gasteiger partial charge is 0.481 e. The third kappa shape index (κ3) is 2.57. The molecule has 0 amide bonds. The van der Waals surface area contributed by atoms with Gasteiger partial charge in [-0.2, -0.15) is 0 Å². The predicted octanol–water partition coefficient (Wildman–Crippen LogP) is 2.39. The average molecular weight is 225 g/mol. The summed E-state index contributed by atoms with van der Waals surface area (Å²) in [5, 5.41) is 7.72. The van der Waals surface area contributed by atoms with Crippen molar-refractivity contribution in [2.24, 2.45) is 23.5 Å². The summed E-state index contributed by atoms with van der Waals surface area (Å²) in [4.78, 5) is 9.37. The second-order valence-electron chi connectivity index (χ2n) is 6.03. The monoisotopic (exact) mass is 225 g/mol. The standard InChI is InChI=1S/C10H17N.C3H6O2/c11-10-4-7-1-8(5-10)3-9(2-7)6-10;1-2-3(4)5/h7-9H,1-6,11H2;2H2,1H3,(H,4,5). The second-order valence-corrected chi connectivity index (χ2v) is 6.03. The third-order valence-corrected chi connectivity index (χ3v) is 4.39. The van der Waals surface area contributed by atoms with Crippen LogP contribution < -0.4 is 5.73 Å². The van der Waals surface area contributed by atoms with E-state index < -0.39 is 5.97 Å². The fraction of sp³-hybridized carbons (Fsp3) is 0.923. The van der Waals surface area contributed by atoms with E-state index in [0.29, 0.717) is 5.54 Å². The molecule has 0 aromatic carbocycles. The van der Waals surface area contributed by atoms with Crippen LogP contribution in [-0.4, -0.2) is 16.6 Å². The lowest BCUT2D eigenvalue weighted by molar-refractivity contribution is -0.136. The van der Waals surface area contributed by atoms with Crippen molar-refractivity contribution < 1.29 is 9.90 Å². The van der Waals surface area contributed by atoms with Crippen molar-refractivity contribution in [1.29, 1.82) is 0 Å². The Morgan fingerprint density at radius 2 is 1.50 bits per heavy atom. The molecule has 3 N–H and O–H groups in total. The van der Waals surface area contributed by atoms with Crippen LogP contribution in [-0.2, 0) is 4.79 Å². The number of carbonyl (C=O) groups is 1. The molecule has 92 valence electrons. The van der Waals surface area contributed by atoms with Crippen molar-refractivity contribution in [3.8, 4) is 0 Å². The van der Waals surface area contributed by atoms with Crippen molar-refractivity contribution in [3.63, 3.8) is 0 Å². The lowest BCUT2D eigenvalue weighted by Crippen LogP contribution is -2.55. The average Bonchev–Trinajstić information content (AvgIpc) is 2.14. The molecule has 4 rings (SSSR count). The predicted molar refractivity (Wildman–Crippen MR) is 63.0 cm³/mol. The van der Waals surface area contributed by atoms with Gasteiger partial charge in [-0.1, -0.05) is 6.92 Å². The number of carboxylic acid groups (broad SMARTS) is 1. The first-order valence-electron chi connectivity index (χ1n) is 6.51. The third-order valence-electron chi connectivity index (χ3n) is 4.39. The van der Waals surface area contributed by atoms with E-state index in [1.807, 2.05) is 0 Å². The normalized spacial score (nSPS) is 43.8. The van der Waals surface area contributed by atoms with Crippen molar-refractivity contribution >= 4 is 5.97 Å². The van der Waals surface area contributed by atoms with Crippen LogP contribution in [0.2, 0.25) is 0 Å². The highest BCUT2D eigenvalue weighted by Gasteiger charge is 2.48. The van der Waals surface area contributed by atoms with Gasteiger partial charge in [0.25, 0.3) is 0 Å². The Morgan fingerprint density at radius 1 is 1.19 bits per heavy atom. The van der Waals surface area contributed by atoms with E-state index in [1.165, 1.54) is 38.5 Å². The molecule has 0 atom stereocenters. The highest BCUT2D eigenvalue weighted by atomic mass is 16.4. The van der Waals surface area contributed by atoms with Crippen LogP contribution in [0.1, 0.15) is 51.9 Å². The number of rotatable bonds is 1. The molecule has 4 fully saturated rings. The van der Waals surface area contributed by atoms with Crippen LogP contribution in [0.5, 0.6) is 0 Å². The first-order chi connectivity index (χ1) is 7.50. The van der Waals surface area contributed by atoms with Gasteiger partial charge in [-0.3, -0.25) is 4.79 Å². The molecule has 0 heterocycles. The molecule has 0 aliphatic heterocycles. The van der Waals surface area contributed by atoms with Crippen LogP contribution in [0.4, 0.5) is 0 Å². The van der Waals surface area contributed by atoms with E-state index in [1.54, 1.807) is 6.92 Å². The maximum Gasteiger partial charge on any atom is 0.303 e. The van der Waals surface area contributed by atoms with Crippen LogP contribution in [0.15, 0.2) is 0 Å². The minimum Gasteiger partial charge on any atom is -0.481 e. The van der Waals surface area contributed by atoms with E-state index in [-0.39, 0.29) is 6.42 Å². The summed E-state index contributed by atoms with van der Waals surface area (Å²) in [6.45, 7) is 1.60. The summed E-state index contributed by atoms with van der Waals surface area (Å²) in [5.41, 5.74) is 6.62. The first kappa shape index (κ1) is 11.9. The van der Waals surface area contributed by atoms with Gasteiger partial charge in [0.1, 0.15) is 0 Å². The van der Waals surface area contributed by atoms with Gasteiger partial charge in [-0.15, -0.1) is 0 Å². The molecular formula is C13H23NO2. The molecular weight excluding hydrogens is 202 g/mol. The van der Waals surface area contributed by atoms with Gasteiger partial charge in [-0.05, 0) is 56.3 Å². The summed E-state index contributed by atoms with van der Waals surface area (Å²) in [7, 11) is 0. The molecule has 3 nitrogen and oxygen atoms in total. The van der Waals surface area contributed by atoms with E-state index in [4.69, 9.17) is 10.8 Å². The Morgan fingerprint density at radius 3 is 1.69 bits per heavy atom. The number of nitrogens with two attached hydrogens (primary N) is 1. The molecule has 4 bridgehead atoms. The molecule has 4 aliphatic carbocycles. The fourth-order valence-corrected chi connectivity index (χ4v) is 4.18. The molecule has 16 heavy (non-hydrogen) atoms. The van der Waals surface area contributed by atoms with Crippen LogP contribution in [0.25, 0.3) is 0 Å². The summed E-state index contributed by atoms with van der Waals surface area (Å²) in [6, 6.07) is 0. The summed E-state index contributed by atoms with van der Waals surface area (Å²) in [6.07, 6.45) is 8.79. The van der Waals surface area contributed by atoms with E-state index in [0.717, 1.165) is 17.8 Å². The van der Waals surface area contributed by atoms with Crippen LogP contribution in [0, 0.1) is 17.8 Å². The van der Waals surface area contributed by atoms with Gasteiger partial charge < -0.3 is 10.8 Å². The highest BCUT2D eigenvalue weighted by Crippen LogP contribution is 2.54. The smallest absolute Gasteiger partial charge is 0.303 e. The fourth-order valence-electron chi connectivity index (χ4n) is 4.18. The Hall–Kier alpha value is -0.570. The molecule has 0 unspecified atom stereocenters. The number of hydrogen-bond acceptors (Lipinski definition) is 2. The van der Waals surface area contributed by atoms with Crippen LogP contribution in [0.3, 0.4) is 0 Å². The summed E-state index contributed by atoms with van der Waals surface area (Å²) < 4.78 is 0. The maximum absolute atomic E-state index is 9.37. The lowest BCUT2D eigenvalue weighted by atomic mass is 9.53. The molecule has 0 radical (unpaired) electrons. The zero-order valence-corrected chi connectivity index (χ0v) is 10.1. The number of aliphatic carboxylic acids is 1. The van der Waals surface area contributed by atoms with Crippen molar-refractivity contribution in [1.82, 2.24) is 0 Å². The van der Waals surface area contributed by atoms with Gasteiger partial charge in [0.2, 0.25) is 0 Å². The van der Waals surface area contributed by atoms with E-state index in [2.05, 4.69) is 0 Å². The molecule has 0 aromatic rings. The Kier molecular flexibility index (Phi) is 3.24. The van der Waals surface area contributed by atoms with E-state index in [9.17, 15) is 4.79 Å². The highest BCUT2D eigenvalue weighted by molar-refractivity contribution is 5.66. The minimum absolute atomic E-state index is 0.222. The Labute approximate surface area is 97.4 Å². The SMILES string of the molecule is CCC(=O)O.NC12CC3CC(CC(C3)C1)C2. The van der Waals surface area contributed by atoms with Gasteiger partial charge >= 0.3 is 5.97 Å². The van der Waals surface area contributed by atoms with Crippen molar-refractivity contribution in [2.75, 3.05) is 0 Å².